The molecule has 0 heterocycles. The minimum absolute atomic E-state index is 0.282. The lowest BCUT2D eigenvalue weighted by Crippen LogP contribution is -2.30. The summed E-state index contributed by atoms with van der Waals surface area (Å²) in [5, 5.41) is 11.6. The van der Waals surface area contributed by atoms with E-state index in [2.05, 4.69) is 21.2 Å². The van der Waals surface area contributed by atoms with E-state index in [0.717, 1.165) is 0 Å². The molecular formula is C18H15BrN2O4. The maximum absolute atomic E-state index is 12.2. The largest absolute Gasteiger partial charge is 0.496 e. The molecule has 7 heteroatoms. The molecule has 128 valence electrons. The van der Waals surface area contributed by atoms with Crippen LogP contribution in [0.2, 0.25) is 0 Å². The Morgan fingerprint density at radius 1 is 1.24 bits per heavy atom. The van der Waals surface area contributed by atoms with Crippen LogP contribution in [-0.4, -0.2) is 25.1 Å². The molecule has 25 heavy (non-hydrogen) atoms. The summed E-state index contributed by atoms with van der Waals surface area (Å²) < 4.78 is 10.9. The molecule has 0 aliphatic carbocycles. The van der Waals surface area contributed by atoms with Crippen molar-refractivity contribution < 1.29 is 19.1 Å². The molecule has 0 fully saturated rings. The van der Waals surface area contributed by atoms with Crippen LogP contribution in [0, 0.1) is 11.3 Å². The highest BCUT2D eigenvalue weighted by Crippen LogP contribution is 2.26. The Labute approximate surface area is 153 Å². The average Bonchev–Trinajstić information content (AvgIpc) is 2.61. The first-order valence-corrected chi connectivity index (χ1v) is 8.10. The molecule has 0 spiro atoms. The molecule has 2 rings (SSSR count). The Morgan fingerprint density at radius 2 is 1.96 bits per heavy atom. The first-order valence-electron chi connectivity index (χ1n) is 7.30. The lowest BCUT2D eigenvalue weighted by Gasteiger charge is -2.14. The van der Waals surface area contributed by atoms with E-state index in [1.165, 1.54) is 14.0 Å². The number of hydrogen-bond acceptors (Lipinski definition) is 5. The number of nitrogens with one attached hydrogen (secondary N) is 1. The van der Waals surface area contributed by atoms with Gasteiger partial charge in [-0.2, -0.15) is 5.26 Å². The fourth-order valence-electron chi connectivity index (χ4n) is 2.00. The smallest absolute Gasteiger partial charge is 0.338 e. The number of para-hydroxylation sites is 1. The van der Waals surface area contributed by atoms with Crippen LogP contribution in [0.5, 0.6) is 5.75 Å². The van der Waals surface area contributed by atoms with Crippen molar-refractivity contribution >= 4 is 33.5 Å². The summed E-state index contributed by atoms with van der Waals surface area (Å²) in [6.07, 6.45) is -1.03. The highest BCUT2D eigenvalue weighted by Gasteiger charge is 2.20. The highest BCUT2D eigenvalue weighted by atomic mass is 79.9. The molecule has 2 aromatic carbocycles. The highest BCUT2D eigenvalue weighted by molar-refractivity contribution is 9.10. The number of carbonyl (C=O) groups excluding carboxylic acids is 2. The molecule has 6 nitrogen and oxygen atoms in total. The summed E-state index contributed by atoms with van der Waals surface area (Å²) in [4.78, 5) is 24.4. The fraction of sp³-hybridized carbons (Fsp3) is 0.167. The van der Waals surface area contributed by atoms with Crippen molar-refractivity contribution in [1.82, 2.24) is 0 Å². The molecule has 0 unspecified atom stereocenters. The standard InChI is InChI=1S/C18H15BrN2O4/c1-11(17(22)21-15-6-4-3-5-13(15)10-20)25-18(23)12-7-8-16(24-2)14(19)9-12/h3-9,11H,1-2H3,(H,21,22)/t11-/m0/s1. The van der Waals surface area contributed by atoms with Crippen LogP contribution in [0.3, 0.4) is 0 Å². The van der Waals surface area contributed by atoms with Crippen molar-refractivity contribution in [2.45, 2.75) is 13.0 Å². The number of hydrogen-bond donors (Lipinski definition) is 1. The first kappa shape index (κ1) is 18.5. The van der Waals surface area contributed by atoms with Crippen LogP contribution in [0.1, 0.15) is 22.8 Å². The second-order valence-electron chi connectivity index (χ2n) is 5.04. The summed E-state index contributed by atoms with van der Waals surface area (Å²) in [6.45, 7) is 1.46. The van der Waals surface area contributed by atoms with Crippen molar-refractivity contribution in [2.24, 2.45) is 0 Å². The van der Waals surface area contributed by atoms with Gasteiger partial charge in [0.2, 0.25) is 0 Å². The van der Waals surface area contributed by atoms with Gasteiger partial charge in [-0.05, 0) is 53.2 Å². The molecule has 1 N–H and O–H groups in total. The lowest BCUT2D eigenvalue weighted by molar-refractivity contribution is -0.123. The van der Waals surface area contributed by atoms with Gasteiger partial charge in [-0.25, -0.2) is 4.79 Å². The third kappa shape index (κ3) is 4.58. The Kier molecular flexibility index (Phi) is 6.14. The van der Waals surface area contributed by atoms with Crippen LogP contribution in [0.25, 0.3) is 0 Å². The number of nitriles is 1. The summed E-state index contributed by atoms with van der Waals surface area (Å²) in [6, 6.07) is 13.3. The zero-order valence-corrected chi connectivity index (χ0v) is 15.2. The molecule has 0 aliphatic heterocycles. The van der Waals surface area contributed by atoms with Gasteiger partial charge in [0.1, 0.15) is 11.8 Å². The molecule has 1 amide bonds. The summed E-state index contributed by atoms with van der Waals surface area (Å²) in [7, 11) is 1.52. The van der Waals surface area contributed by atoms with Crippen molar-refractivity contribution in [1.29, 1.82) is 5.26 Å². The van der Waals surface area contributed by atoms with Gasteiger partial charge in [-0.15, -0.1) is 0 Å². The second-order valence-corrected chi connectivity index (χ2v) is 5.90. The summed E-state index contributed by atoms with van der Waals surface area (Å²) in [5.74, 6) is -0.585. The van der Waals surface area contributed by atoms with Crippen molar-refractivity contribution in [3.63, 3.8) is 0 Å². The number of carbonyl (C=O) groups is 2. The zero-order valence-electron chi connectivity index (χ0n) is 13.6. The van der Waals surface area contributed by atoms with Gasteiger partial charge in [0.05, 0.1) is 28.4 Å². The van der Waals surface area contributed by atoms with Gasteiger partial charge in [0, 0.05) is 0 Å². The monoisotopic (exact) mass is 402 g/mol. The van der Waals surface area contributed by atoms with Crippen molar-refractivity contribution in [3.05, 3.63) is 58.1 Å². The van der Waals surface area contributed by atoms with Gasteiger partial charge in [-0.1, -0.05) is 12.1 Å². The maximum Gasteiger partial charge on any atom is 0.338 e. The van der Waals surface area contributed by atoms with E-state index in [9.17, 15) is 9.59 Å². The quantitative estimate of drug-likeness (QED) is 0.772. The molecule has 0 saturated carbocycles. The van der Waals surface area contributed by atoms with Crippen molar-refractivity contribution in [2.75, 3.05) is 12.4 Å². The van der Waals surface area contributed by atoms with Gasteiger partial charge in [0.15, 0.2) is 6.10 Å². The van der Waals surface area contributed by atoms with E-state index in [0.29, 0.717) is 21.5 Å². The number of nitrogens with zero attached hydrogens (tertiary/aromatic N) is 1. The normalized spacial score (nSPS) is 11.1. The zero-order chi connectivity index (χ0) is 18.4. The Hall–Kier alpha value is -2.85. The predicted molar refractivity (Wildman–Crippen MR) is 95.4 cm³/mol. The van der Waals surface area contributed by atoms with E-state index in [-0.39, 0.29) is 5.56 Å². The van der Waals surface area contributed by atoms with Crippen molar-refractivity contribution in [3.8, 4) is 11.8 Å². The third-order valence-electron chi connectivity index (χ3n) is 3.35. The second kappa shape index (κ2) is 8.31. The molecule has 0 bridgehead atoms. The molecule has 0 saturated heterocycles. The molecule has 2 aromatic rings. The Morgan fingerprint density at radius 3 is 2.60 bits per heavy atom. The van der Waals surface area contributed by atoms with E-state index < -0.39 is 18.0 Å². The van der Waals surface area contributed by atoms with Crippen LogP contribution < -0.4 is 10.1 Å². The van der Waals surface area contributed by atoms with Crippen LogP contribution in [0.15, 0.2) is 46.9 Å². The van der Waals surface area contributed by atoms with Crippen LogP contribution >= 0.6 is 15.9 Å². The summed E-state index contributed by atoms with van der Waals surface area (Å²) in [5.41, 5.74) is 0.975. The minimum atomic E-state index is -1.03. The van der Waals surface area contributed by atoms with Gasteiger partial charge < -0.3 is 14.8 Å². The number of methoxy groups -OCH3 is 1. The van der Waals surface area contributed by atoms with E-state index >= 15 is 0 Å². The lowest BCUT2D eigenvalue weighted by atomic mass is 10.2. The number of benzene rings is 2. The number of ether oxygens (including phenoxy) is 2. The molecule has 0 radical (unpaired) electrons. The average molecular weight is 403 g/mol. The van der Waals surface area contributed by atoms with E-state index in [1.807, 2.05) is 6.07 Å². The van der Waals surface area contributed by atoms with Gasteiger partial charge in [0.25, 0.3) is 5.91 Å². The minimum Gasteiger partial charge on any atom is -0.496 e. The Bertz CT molecular complexity index is 845. The summed E-state index contributed by atoms with van der Waals surface area (Å²) >= 11 is 3.29. The maximum atomic E-state index is 12.2. The molecular weight excluding hydrogens is 388 g/mol. The number of amides is 1. The number of halogens is 1. The van der Waals surface area contributed by atoms with Gasteiger partial charge in [-0.3, -0.25) is 4.79 Å². The molecule has 0 aliphatic rings. The third-order valence-corrected chi connectivity index (χ3v) is 3.97. The predicted octanol–water partition coefficient (Wildman–Crippen LogP) is 3.51. The molecule has 0 aromatic heterocycles. The number of anilines is 1. The number of esters is 1. The van der Waals surface area contributed by atoms with E-state index in [1.54, 1.807) is 42.5 Å². The van der Waals surface area contributed by atoms with Crippen LogP contribution in [0.4, 0.5) is 5.69 Å². The van der Waals surface area contributed by atoms with Gasteiger partial charge >= 0.3 is 5.97 Å². The Balaban J connectivity index is 2.04. The SMILES string of the molecule is COc1ccc(C(=O)O[C@@H](C)C(=O)Nc2ccccc2C#N)cc1Br. The topological polar surface area (TPSA) is 88.4 Å². The molecule has 1 atom stereocenters. The van der Waals surface area contributed by atoms with Crippen LogP contribution in [-0.2, 0) is 9.53 Å². The fourth-order valence-corrected chi connectivity index (χ4v) is 2.54. The number of rotatable bonds is 5. The van der Waals surface area contributed by atoms with E-state index in [4.69, 9.17) is 14.7 Å². The first-order chi connectivity index (χ1) is 12.0.